The summed E-state index contributed by atoms with van der Waals surface area (Å²) in [5.74, 6) is -3.22. The van der Waals surface area contributed by atoms with E-state index in [1.807, 2.05) is 48.5 Å². The first-order valence-electron chi connectivity index (χ1n) is 9.98. The molecule has 6 heteroatoms. The Labute approximate surface area is 180 Å². The summed E-state index contributed by atoms with van der Waals surface area (Å²) in [7, 11) is 1.53. The van der Waals surface area contributed by atoms with Crippen molar-refractivity contribution in [1.29, 1.82) is 0 Å². The lowest BCUT2D eigenvalue weighted by atomic mass is 9.93. The van der Waals surface area contributed by atoms with Crippen molar-refractivity contribution in [1.82, 2.24) is 0 Å². The number of hydrogen-bond donors (Lipinski definition) is 2. The first kappa shape index (κ1) is 20.6. The Bertz CT molecular complexity index is 1060. The zero-order chi connectivity index (χ0) is 22.0. The number of nitrogens with two attached hydrogens (primary N) is 1. The van der Waals surface area contributed by atoms with Gasteiger partial charge in [-0.3, -0.25) is 9.59 Å². The Morgan fingerprint density at radius 3 is 2.00 bits per heavy atom. The van der Waals surface area contributed by atoms with Crippen LogP contribution in [-0.2, 0) is 14.3 Å². The molecule has 3 aromatic rings. The fourth-order valence-corrected chi connectivity index (χ4v) is 4.11. The van der Waals surface area contributed by atoms with Gasteiger partial charge in [-0.1, -0.05) is 60.7 Å². The van der Waals surface area contributed by atoms with E-state index in [4.69, 9.17) is 15.2 Å². The van der Waals surface area contributed by atoms with Gasteiger partial charge in [0.2, 0.25) is 0 Å². The molecule has 0 aliphatic heterocycles. The van der Waals surface area contributed by atoms with Gasteiger partial charge in [-0.2, -0.15) is 0 Å². The summed E-state index contributed by atoms with van der Waals surface area (Å²) in [5.41, 5.74) is 11.0. The highest BCUT2D eigenvalue weighted by molar-refractivity contribution is 5.95. The molecule has 0 amide bonds. The highest BCUT2D eigenvalue weighted by Crippen LogP contribution is 2.44. The molecule has 0 aromatic heterocycles. The number of benzene rings is 3. The van der Waals surface area contributed by atoms with Crippen LogP contribution >= 0.6 is 0 Å². The summed E-state index contributed by atoms with van der Waals surface area (Å²) in [4.78, 5) is 24.7. The van der Waals surface area contributed by atoms with Crippen LogP contribution in [0.25, 0.3) is 11.1 Å². The quantitative estimate of drug-likeness (QED) is 0.449. The largest absolute Gasteiger partial charge is 0.497 e. The molecule has 1 unspecified atom stereocenters. The van der Waals surface area contributed by atoms with E-state index in [1.54, 1.807) is 24.3 Å². The standard InChI is InChI=1S/C25H23NO5/c1-30-16-12-10-15(11-13-16)23(26)22(24(27)28)25(29)31-14-21-19-8-4-2-6-17(19)18-7-3-5-9-20(18)21/h2-13,21-23H,14,26H2,1H3,(H,27,28)/t22-,23?/m0/s1. The van der Waals surface area contributed by atoms with Crippen molar-refractivity contribution in [2.24, 2.45) is 11.7 Å². The van der Waals surface area contributed by atoms with Gasteiger partial charge in [0.15, 0.2) is 5.92 Å². The van der Waals surface area contributed by atoms with Crippen molar-refractivity contribution in [3.63, 3.8) is 0 Å². The molecule has 3 aromatic carbocycles. The zero-order valence-corrected chi connectivity index (χ0v) is 17.0. The lowest BCUT2D eigenvalue weighted by Gasteiger charge is -2.21. The SMILES string of the molecule is COc1ccc(C(N)[C@@H](C(=O)O)C(=O)OCC2c3ccccc3-c3ccccc32)cc1. The molecule has 3 N–H and O–H groups in total. The maximum absolute atomic E-state index is 12.8. The topological polar surface area (TPSA) is 98.9 Å². The zero-order valence-electron chi connectivity index (χ0n) is 17.0. The van der Waals surface area contributed by atoms with Crippen LogP contribution in [0.15, 0.2) is 72.8 Å². The molecule has 158 valence electrons. The third-order valence-electron chi connectivity index (χ3n) is 5.73. The van der Waals surface area contributed by atoms with E-state index in [9.17, 15) is 14.7 Å². The second kappa shape index (κ2) is 8.62. The molecule has 31 heavy (non-hydrogen) atoms. The number of aliphatic carboxylic acids is 1. The number of carbonyl (C=O) groups is 2. The van der Waals surface area contributed by atoms with Gasteiger partial charge in [-0.05, 0) is 39.9 Å². The molecule has 2 atom stereocenters. The Balaban J connectivity index is 1.53. The predicted molar refractivity (Wildman–Crippen MR) is 116 cm³/mol. The van der Waals surface area contributed by atoms with Gasteiger partial charge in [0.25, 0.3) is 0 Å². The van der Waals surface area contributed by atoms with Crippen LogP contribution in [-0.4, -0.2) is 30.8 Å². The Kier molecular flexibility index (Phi) is 5.73. The van der Waals surface area contributed by atoms with Gasteiger partial charge in [-0.15, -0.1) is 0 Å². The van der Waals surface area contributed by atoms with E-state index in [0.717, 1.165) is 22.3 Å². The number of esters is 1. The lowest BCUT2D eigenvalue weighted by molar-refractivity contribution is -0.160. The van der Waals surface area contributed by atoms with Crippen LogP contribution in [0.1, 0.15) is 28.7 Å². The number of hydrogen-bond acceptors (Lipinski definition) is 5. The molecule has 0 fully saturated rings. The summed E-state index contributed by atoms with van der Waals surface area (Å²) < 4.78 is 10.6. The van der Waals surface area contributed by atoms with E-state index >= 15 is 0 Å². The Morgan fingerprint density at radius 2 is 1.48 bits per heavy atom. The number of methoxy groups -OCH3 is 1. The lowest BCUT2D eigenvalue weighted by Crippen LogP contribution is -2.36. The van der Waals surface area contributed by atoms with Gasteiger partial charge in [0, 0.05) is 5.92 Å². The number of ether oxygens (including phenoxy) is 2. The van der Waals surface area contributed by atoms with Crippen LogP contribution in [0.3, 0.4) is 0 Å². The normalized spacial score (nSPS) is 14.3. The van der Waals surface area contributed by atoms with Crippen LogP contribution in [0.4, 0.5) is 0 Å². The summed E-state index contributed by atoms with van der Waals surface area (Å²) in [6.07, 6.45) is 0. The molecule has 0 bridgehead atoms. The van der Waals surface area contributed by atoms with Gasteiger partial charge in [0.1, 0.15) is 12.4 Å². The minimum atomic E-state index is -1.51. The number of rotatable bonds is 7. The Hall–Kier alpha value is -3.64. The van der Waals surface area contributed by atoms with Gasteiger partial charge >= 0.3 is 11.9 Å². The van der Waals surface area contributed by atoms with Crippen molar-refractivity contribution in [3.8, 4) is 16.9 Å². The fourth-order valence-electron chi connectivity index (χ4n) is 4.11. The molecule has 0 heterocycles. The van der Waals surface area contributed by atoms with Crippen molar-refractivity contribution < 1.29 is 24.2 Å². The minimum absolute atomic E-state index is 0.0476. The van der Waals surface area contributed by atoms with Crippen LogP contribution in [0, 0.1) is 5.92 Å². The van der Waals surface area contributed by atoms with Gasteiger partial charge in [-0.25, -0.2) is 0 Å². The maximum atomic E-state index is 12.8. The number of carbonyl (C=O) groups excluding carboxylic acids is 1. The van der Waals surface area contributed by atoms with Crippen molar-refractivity contribution in [3.05, 3.63) is 89.5 Å². The van der Waals surface area contributed by atoms with Crippen LogP contribution in [0.5, 0.6) is 5.75 Å². The average molecular weight is 417 g/mol. The van der Waals surface area contributed by atoms with Crippen LogP contribution in [0.2, 0.25) is 0 Å². The summed E-state index contributed by atoms with van der Waals surface area (Å²) in [6.45, 7) is 0.0476. The van der Waals surface area contributed by atoms with E-state index in [1.165, 1.54) is 7.11 Å². The van der Waals surface area contributed by atoms with E-state index in [0.29, 0.717) is 11.3 Å². The average Bonchev–Trinajstić information content (AvgIpc) is 3.11. The molecule has 1 aliphatic rings. The monoisotopic (exact) mass is 417 g/mol. The molecule has 0 saturated carbocycles. The first-order chi connectivity index (χ1) is 15.0. The smallest absolute Gasteiger partial charge is 0.322 e. The summed E-state index contributed by atoms with van der Waals surface area (Å²) >= 11 is 0. The molecule has 6 nitrogen and oxygen atoms in total. The summed E-state index contributed by atoms with van der Waals surface area (Å²) in [6, 6.07) is 21.5. The molecule has 4 rings (SSSR count). The molecule has 0 saturated heterocycles. The van der Waals surface area contributed by atoms with Crippen LogP contribution < -0.4 is 10.5 Å². The maximum Gasteiger partial charge on any atom is 0.322 e. The van der Waals surface area contributed by atoms with E-state index < -0.39 is 23.9 Å². The van der Waals surface area contributed by atoms with Gasteiger partial charge < -0.3 is 20.3 Å². The van der Waals surface area contributed by atoms with Crippen molar-refractivity contribution in [2.75, 3.05) is 13.7 Å². The fraction of sp³-hybridized carbons (Fsp3) is 0.200. The van der Waals surface area contributed by atoms with Crippen molar-refractivity contribution >= 4 is 11.9 Å². The Morgan fingerprint density at radius 1 is 0.935 bits per heavy atom. The second-order valence-corrected chi connectivity index (χ2v) is 7.47. The van der Waals surface area contributed by atoms with E-state index in [2.05, 4.69) is 0 Å². The highest BCUT2D eigenvalue weighted by atomic mass is 16.5. The van der Waals surface area contributed by atoms with Crippen molar-refractivity contribution in [2.45, 2.75) is 12.0 Å². The third kappa shape index (κ3) is 3.90. The minimum Gasteiger partial charge on any atom is -0.497 e. The molecular weight excluding hydrogens is 394 g/mol. The number of fused-ring (bicyclic) bond motifs is 3. The second-order valence-electron chi connectivity index (χ2n) is 7.47. The molecule has 0 radical (unpaired) electrons. The first-order valence-corrected chi connectivity index (χ1v) is 9.98. The molecule has 1 aliphatic carbocycles. The third-order valence-corrected chi connectivity index (χ3v) is 5.73. The summed E-state index contributed by atoms with van der Waals surface area (Å²) in [5, 5.41) is 9.68. The number of carboxylic acids is 1. The van der Waals surface area contributed by atoms with E-state index in [-0.39, 0.29) is 12.5 Å². The molecular formula is C25H23NO5. The number of carboxylic acid groups (broad SMARTS) is 1. The van der Waals surface area contributed by atoms with Gasteiger partial charge in [0.05, 0.1) is 13.2 Å². The predicted octanol–water partition coefficient (Wildman–Crippen LogP) is 3.75. The highest BCUT2D eigenvalue weighted by Gasteiger charge is 2.37. The molecule has 0 spiro atoms.